The van der Waals surface area contributed by atoms with Crippen molar-refractivity contribution < 1.29 is 4.79 Å². The molecule has 0 bridgehead atoms. The number of benzene rings is 1. The summed E-state index contributed by atoms with van der Waals surface area (Å²) in [6.07, 6.45) is 6.61. The minimum absolute atomic E-state index is 0.0502. The second-order valence-electron chi connectivity index (χ2n) is 5.29. The van der Waals surface area contributed by atoms with Gasteiger partial charge >= 0.3 is 0 Å². The molecule has 5 nitrogen and oxygen atoms in total. The summed E-state index contributed by atoms with van der Waals surface area (Å²) in [7, 11) is 3.93. The number of ketones is 1. The van der Waals surface area contributed by atoms with E-state index >= 15 is 0 Å². The van der Waals surface area contributed by atoms with Crippen molar-refractivity contribution >= 4 is 28.9 Å². The summed E-state index contributed by atoms with van der Waals surface area (Å²) >= 11 is 1.45. The van der Waals surface area contributed by atoms with Crippen LogP contribution in [0, 0.1) is 0 Å². The maximum atomic E-state index is 12.2. The molecule has 120 valence electrons. The van der Waals surface area contributed by atoms with Crippen LogP contribution in [-0.4, -0.2) is 34.8 Å². The van der Waals surface area contributed by atoms with Crippen LogP contribution in [0.3, 0.4) is 0 Å². The first-order valence-electron chi connectivity index (χ1n) is 7.36. The normalized spacial score (nSPS) is 10.9. The molecule has 6 heteroatoms. The van der Waals surface area contributed by atoms with Crippen LogP contribution in [-0.2, 0) is 0 Å². The first-order chi connectivity index (χ1) is 11.6. The molecule has 0 fully saturated rings. The number of allylic oxidation sites excluding steroid dienone is 1. The van der Waals surface area contributed by atoms with Crippen LogP contribution in [0.25, 0.3) is 16.9 Å². The molecule has 0 aliphatic carbocycles. The lowest BCUT2D eigenvalue weighted by Crippen LogP contribution is -2.08. The van der Waals surface area contributed by atoms with Gasteiger partial charge in [-0.25, -0.2) is 15.0 Å². The van der Waals surface area contributed by atoms with Crippen LogP contribution in [0.5, 0.6) is 0 Å². The summed E-state index contributed by atoms with van der Waals surface area (Å²) in [5, 5.41) is 2.61. The number of carbonyl (C=O) groups excluding carboxylic acids is 1. The molecule has 0 spiro atoms. The number of hydrogen-bond acceptors (Lipinski definition) is 6. The fourth-order valence-electron chi connectivity index (χ4n) is 2.06. The predicted octanol–water partition coefficient (Wildman–Crippen LogP) is 3.56. The predicted molar refractivity (Wildman–Crippen MR) is 97.3 cm³/mol. The van der Waals surface area contributed by atoms with Crippen molar-refractivity contribution in [1.82, 2.24) is 15.0 Å². The summed E-state index contributed by atoms with van der Waals surface area (Å²) in [5.41, 5.74) is 2.43. The molecule has 0 unspecified atom stereocenters. The molecular weight excluding hydrogens is 320 g/mol. The minimum atomic E-state index is -0.0502. The zero-order chi connectivity index (χ0) is 16.9. The molecule has 2 heterocycles. The maximum Gasteiger partial charge on any atom is 0.188 e. The summed E-state index contributed by atoms with van der Waals surface area (Å²) in [6, 6.07) is 9.26. The van der Waals surface area contributed by atoms with E-state index in [2.05, 4.69) is 15.0 Å². The Kier molecular flexibility index (Phi) is 4.77. The zero-order valence-corrected chi connectivity index (χ0v) is 14.2. The number of anilines is 1. The van der Waals surface area contributed by atoms with E-state index in [1.54, 1.807) is 24.5 Å². The highest BCUT2D eigenvalue weighted by Crippen LogP contribution is 2.20. The lowest BCUT2D eigenvalue weighted by molar-refractivity contribution is 0.104. The number of carbonyl (C=O) groups is 1. The fourth-order valence-corrected chi connectivity index (χ4v) is 2.79. The average Bonchev–Trinajstić information content (AvgIpc) is 3.09. The Morgan fingerprint density at radius 2 is 1.83 bits per heavy atom. The molecule has 0 radical (unpaired) electrons. The van der Waals surface area contributed by atoms with Gasteiger partial charge in [-0.2, -0.15) is 0 Å². The van der Waals surface area contributed by atoms with Gasteiger partial charge in [0.1, 0.15) is 0 Å². The van der Waals surface area contributed by atoms with Gasteiger partial charge in [-0.15, -0.1) is 11.3 Å². The Labute approximate surface area is 144 Å². The highest BCUT2D eigenvalue weighted by molar-refractivity contribution is 7.13. The third-order valence-electron chi connectivity index (χ3n) is 3.35. The maximum absolute atomic E-state index is 12.2. The van der Waals surface area contributed by atoms with Crippen LogP contribution in [0.4, 0.5) is 5.69 Å². The first kappa shape index (κ1) is 16.0. The molecule has 0 amide bonds. The molecule has 3 rings (SSSR count). The van der Waals surface area contributed by atoms with Crippen LogP contribution < -0.4 is 4.90 Å². The van der Waals surface area contributed by atoms with E-state index in [1.165, 1.54) is 17.4 Å². The van der Waals surface area contributed by atoms with Crippen LogP contribution in [0.1, 0.15) is 16.1 Å². The largest absolute Gasteiger partial charge is 0.378 e. The average molecular weight is 336 g/mol. The summed E-state index contributed by atoms with van der Waals surface area (Å²) in [5.74, 6) is 0.540. The standard InChI is InChI=1S/C18H16N4OS/c1-22(2)15-7-4-13(5-8-15)16(23)9-6-14-12-24-18(21-14)17-19-10-3-11-20-17/h3-12H,1-2H3/b9-6-. The molecular formula is C18H16N4OS. The van der Waals surface area contributed by atoms with E-state index < -0.39 is 0 Å². The van der Waals surface area contributed by atoms with E-state index in [9.17, 15) is 4.79 Å². The first-order valence-corrected chi connectivity index (χ1v) is 8.24. The van der Waals surface area contributed by atoms with Crippen LogP contribution >= 0.6 is 11.3 Å². The summed E-state index contributed by atoms with van der Waals surface area (Å²) in [6.45, 7) is 0. The Balaban J connectivity index is 1.71. The van der Waals surface area contributed by atoms with Gasteiger partial charge < -0.3 is 4.90 Å². The molecule has 0 N–H and O–H groups in total. The van der Waals surface area contributed by atoms with E-state index in [-0.39, 0.29) is 5.78 Å². The minimum Gasteiger partial charge on any atom is -0.378 e. The molecule has 0 saturated carbocycles. The van der Waals surface area contributed by atoms with Crippen molar-refractivity contribution in [2.75, 3.05) is 19.0 Å². The molecule has 2 aromatic heterocycles. The fraction of sp³-hybridized carbons (Fsp3) is 0.111. The number of aromatic nitrogens is 3. The smallest absolute Gasteiger partial charge is 0.188 e. The van der Waals surface area contributed by atoms with Crippen LogP contribution in [0.15, 0.2) is 54.2 Å². The third-order valence-corrected chi connectivity index (χ3v) is 4.21. The molecule has 24 heavy (non-hydrogen) atoms. The molecule has 0 aliphatic rings. The van der Waals surface area contributed by atoms with Crippen molar-refractivity contribution in [3.05, 3.63) is 65.4 Å². The second kappa shape index (κ2) is 7.14. The highest BCUT2D eigenvalue weighted by Gasteiger charge is 2.06. The number of nitrogens with zero attached hydrogens (tertiary/aromatic N) is 4. The zero-order valence-electron chi connectivity index (χ0n) is 13.4. The Morgan fingerprint density at radius 3 is 2.50 bits per heavy atom. The summed E-state index contributed by atoms with van der Waals surface area (Å²) in [4.78, 5) is 27.0. The Morgan fingerprint density at radius 1 is 1.12 bits per heavy atom. The second-order valence-corrected chi connectivity index (χ2v) is 6.15. The third kappa shape index (κ3) is 3.72. The van der Waals surface area contributed by atoms with Gasteiger partial charge in [0.25, 0.3) is 0 Å². The lowest BCUT2D eigenvalue weighted by Gasteiger charge is -2.11. The van der Waals surface area contributed by atoms with Gasteiger partial charge in [-0.05, 0) is 42.5 Å². The van der Waals surface area contributed by atoms with Gasteiger partial charge in [-0.1, -0.05) is 0 Å². The van der Waals surface area contributed by atoms with Gasteiger partial charge in [0, 0.05) is 43.1 Å². The molecule has 1 aromatic carbocycles. The lowest BCUT2D eigenvalue weighted by atomic mass is 10.1. The number of rotatable bonds is 5. The van der Waals surface area contributed by atoms with E-state index in [0.717, 1.165) is 16.4 Å². The molecule has 3 aromatic rings. The topological polar surface area (TPSA) is 59.0 Å². The van der Waals surface area contributed by atoms with Gasteiger partial charge in [0.15, 0.2) is 16.6 Å². The van der Waals surface area contributed by atoms with Gasteiger partial charge in [-0.3, -0.25) is 4.79 Å². The molecule has 0 aliphatic heterocycles. The highest BCUT2D eigenvalue weighted by atomic mass is 32.1. The van der Waals surface area contributed by atoms with Crippen LogP contribution in [0.2, 0.25) is 0 Å². The SMILES string of the molecule is CN(C)c1ccc(C(=O)/C=C\c2csc(-c3ncccn3)n2)cc1. The summed E-state index contributed by atoms with van der Waals surface area (Å²) < 4.78 is 0. The Hall–Kier alpha value is -2.86. The Bertz CT molecular complexity index is 854. The number of hydrogen-bond donors (Lipinski definition) is 0. The molecule has 0 atom stereocenters. The van der Waals surface area contributed by atoms with Crippen molar-refractivity contribution in [2.24, 2.45) is 0 Å². The number of thiazole rings is 1. The van der Waals surface area contributed by atoms with E-state index in [0.29, 0.717) is 11.4 Å². The van der Waals surface area contributed by atoms with E-state index in [4.69, 9.17) is 0 Å². The molecule has 0 saturated heterocycles. The van der Waals surface area contributed by atoms with Crippen molar-refractivity contribution in [2.45, 2.75) is 0 Å². The monoisotopic (exact) mass is 336 g/mol. The van der Waals surface area contributed by atoms with Crippen molar-refractivity contribution in [3.63, 3.8) is 0 Å². The van der Waals surface area contributed by atoms with Gasteiger partial charge in [0.2, 0.25) is 0 Å². The van der Waals surface area contributed by atoms with Crippen molar-refractivity contribution in [3.8, 4) is 10.8 Å². The van der Waals surface area contributed by atoms with Gasteiger partial charge in [0.05, 0.1) is 5.69 Å². The van der Waals surface area contributed by atoms with Crippen molar-refractivity contribution in [1.29, 1.82) is 0 Å². The quantitative estimate of drug-likeness (QED) is 0.527. The van der Waals surface area contributed by atoms with E-state index in [1.807, 2.05) is 48.6 Å².